The molecule has 0 aliphatic carbocycles. The zero-order chi connectivity index (χ0) is 27.3. The van der Waals surface area contributed by atoms with Crippen molar-refractivity contribution in [3.63, 3.8) is 0 Å². The molecule has 0 radical (unpaired) electrons. The van der Waals surface area contributed by atoms with Crippen LogP contribution in [-0.4, -0.2) is 35.2 Å². The lowest BCUT2D eigenvalue weighted by molar-refractivity contribution is -0.149. The van der Waals surface area contributed by atoms with E-state index in [2.05, 4.69) is 10.6 Å². The van der Waals surface area contributed by atoms with Crippen LogP contribution in [0, 0.1) is 5.92 Å². The predicted octanol–water partition coefficient (Wildman–Crippen LogP) is 4.50. The van der Waals surface area contributed by atoms with Gasteiger partial charge in [-0.3, -0.25) is 4.79 Å². The number of carbonyl (C=O) groups is 3. The lowest BCUT2D eigenvalue weighted by Crippen LogP contribution is -2.54. The highest BCUT2D eigenvalue weighted by Gasteiger charge is 2.31. The van der Waals surface area contributed by atoms with Crippen LogP contribution in [0.3, 0.4) is 0 Å². The quantitative estimate of drug-likeness (QED) is 0.304. The van der Waals surface area contributed by atoms with Crippen molar-refractivity contribution in [1.82, 2.24) is 10.6 Å². The molecule has 0 unspecified atom stereocenters. The molecule has 0 heterocycles. The molecule has 8 heteroatoms. The Hall–Kier alpha value is -4.33. The Morgan fingerprint density at radius 3 is 1.87 bits per heavy atom. The summed E-state index contributed by atoms with van der Waals surface area (Å²) in [4.78, 5) is 39.0. The van der Waals surface area contributed by atoms with Gasteiger partial charge in [-0.25, -0.2) is 9.59 Å². The van der Waals surface area contributed by atoms with Crippen LogP contribution < -0.4 is 10.6 Å². The fourth-order valence-corrected chi connectivity index (χ4v) is 3.75. The van der Waals surface area contributed by atoms with Gasteiger partial charge in [-0.1, -0.05) is 93.1 Å². The second-order valence-electron chi connectivity index (χ2n) is 9.09. The average Bonchev–Trinajstić information content (AvgIpc) is 2.95. The number of ether oxygens (including phenoxy) is 2. The molecule has 0 aliphatic heterocycles. The molecular formula is C30H34N2O6. The summed E-state index contributed by atoms with van der Waals surface area (Å²) >= 11 is 0. The van der Waals surface area contributed by atoms with E-state index in [0.29, 0.717) is 6.42 Å². The SMILES string of the molecule is CC[C@@H](C)[C@H](NC(=O)OCc1ccccc1)C(=O)N[C@@H](Cc1ccc(O)cc1)C(=O)OCc1ccccc1. The van der Waals surface area contributed by atoms with Crippen molar-refractivity contribution in [3.8, 4) is 5.75 Å². The van der Waals surface area contributed by atoms with Crippen molar-refractivity contribution in [3.05, 3.63) is 102 Å². The predicted molar refractivity (Wildman–Crippen MR) is 143 cm³/mol. The number of rotatable bonds is 12. The van der Waals surface area contributed by atoms with Crippen LogP contribution in [-0.2, 0) is 38.7 Å². The monoisotopic (exact) mass is 518 g/mol. The minimum Gasteiger partial charge on any atom is -0.508 e. The average molecular weight is 519 g/mol. The van der Waals surface area contributed by atoms with E-state index in [1.165, 1.54) is 12.1 Å². The van der Waals surface area contributed by atoms with Crippen LogP contribution in [0.2, 0.25) is 0 Å². The number of hydrogen-bond donors (Lipinski definition) is 3. The molecule has 2 amide bonds. The van der Waals surface area contributed by atoms with E-state index in [1.54, 1.807) is 12.1 Å². The summed E-state index contributed by atoms with van der Waals surface area (Å²) in [7, 11) is 0. The molecule has 8 nitrogen and oxygen atoms in total. The van der Waals surface area contributed by atoms with Crippen LogP contribution in [0.4, 0.5) is 4.79 Å². The van der Waals surface area contributed by atoms with E-state index in [0.717, 1.165) is 16.7 Å². The van der Waals surface area contributed by atoms with Crippen LogP contribution >= 0.6 is 0 Å². The van der Waals surface area contributed by atoms with Gasteiger partial charge in [0.2, 0.25) is 5.91 Å². The summed E-state index contributed by atoms with van der Waals surface area (Å²) < 4.78 is 10.8. The van der Waals surface area contributed by atoms with Gasteiger partial charge < -0.3 is 25.2 Å². The highest BCUT2D eigenvalue weighted by molar-refractivity contribution is 5.90. The Balaban J connectivity index is 1.69. The lowest BCUT2D eigenvalue weighted by atomic mass is 9.97. The number of phenolic OH excluding ortho intramolecular Hbond substituents is 1. The van der Waals surface area contributed by atoms with Gasteiger partial charge in [0.15, 0.2) is 0 Å². The minimum absolute atomic E-state index is 0.0560. The number of benzene rings is 3. The third-order valence-corrected chi connectivity index (χ3v) is 6.18. The van der Waals surface area contributed by atoms with Crippen LogP contribution in [0.15, 0.2) is 84.9 Å². The van der Waals surface area contributed by atoms with Crippen LogP contribution in [0.5, 0.6) is 5.75 Å². The molecule has 200 valence electrons. The van der Waals surface area contributed by atoms with E-state index in [1.807, 2.05) is 74.5 Å². The minimum atomic E-state index is -1.01. The maximum Gasteiger partial charge on any atom is 0.408 e. The Bertz CT molecular complexity index is 1170. The fourth-order valence-electron chi connectivity index (χ4n) is 3.75. The van der Waals surface area contributed by atoms with Crippen molar-refractivity contribution in [2.45, 2.75) is 52.0 Å². The van der Waals surface area contributed by atoms with Gasteiger partial charge >= 0.3 is 12.1 Å². The third kappa shape index (κ3) is 8.96. The first-order valence-corrected chi connectivity index (χ1v) is 12.6. The first-order valence-electron chi connectivity index (χ1n) is 12.6. The van der Waals surface area contributed by atoms with Crippen LogP contribution in [0.1, 0.15) is 37.0 Å². The summed E-state index contributed by atoms with van der Waals surface area (Å²) in [6.45, 7) is 3.87. The Morgan fingerprint density at radius 2 is 1.32 bits per heavy atom. The molecule has 0 spiro atoms. The number of amides is 2. The maximum absolute atomic E-state index is 13.4. The second kappa shape index (κ2) is 14.4. The van der Waals surface area contributed by atoms with Gasteiger partial charge in [-0.05, 0) is 34.7 Å². The topological polar surface area (TPSA) is 114 Å². The standard InChI is InChI=1S/C30H34N2O6/c1-3-21(2)27(32-30(36)38-20-24-12-8-5-9-13-24)28(34)31-26(18-22-14-16-25(33)17-15-22)29(35)37-19-23-10-6-4-7-11-23/h4-17,21,26-27,33H,3,18-20H2,1-2H3,(H,31,34)(H,32,36)/t21-,26+,27+/m1/s1. The van der Waals surface area contributed by atoms with Gasteiger partial charge in [0.1, 0.15) is 31.0 Å². The first-order chi connectivity index (χ1) is 18.4. The van der Waals surface area contributed by atoms with E-state index in [4.69, 9.17) is 9.47 Å². The van der Waals surface area contributed by atoms with Crippen molar-refractivity contribution in [2.24, 2.45) is 5.92 Å². The molecule has 0 fully saturated rings. The molecular weight excluding hydrogens is 484 g/mol. The molecule has 0 saturated heterocycles. The first kappa shape index (κ1) is 28.2. The summed E-state index contributed by atoms with van der Waals surface area (Å²) in [5.41, 5.74) is 2.36. The summed E-state index contributed by atoms with van der Waals surface area (Å²) in [6.07, 6.45) is 0.0275. The number of esters is 1. The molecule has 0 saturated carbocycles. The van der Waals surface area contributed by atoms with Crippen molar-refractivity contribution in [2.75, 3.05) is 0 Å². The number of hydrogen-bond acceptors (Lipinski definition) is 6. The van der Waals surface area contributed by atoms with Crippen LogP contribution in [0.25, 0.3) is 0 Å². The molecule has 3 rings (SSSR count). The molecule has 0 aliphatic rings. The molecule has 3 aromatic rings. The third-order valence-electron chi connectivity index (χ3n) is 6.18. The van der Waals surface area contributed by atoms with Gasteiger partial charge in [0, 0.05) is 6.42 Å². The highest BCUT2D eigenvalue weighted by atomic mass is 16.5. The maximum atomic E-state index is 13.4. The molecule has 3 atom stereocenters. The lowest BCUT2D eigenvalue weighted by Gasteiger charge is -2.26. The van der Waals surface area contributed by atoms with Gasteiger partial charge in [0.05, 0.1) is 0 Å². The van der Waals surface area contributed by atoms with Gasteiger partial charge in [-0.2, -0.15) is 0 Å². The number of alkyl carbamates (subject to hydrolysis) is 1. The second-order valence-corrected chi connectivity index (χ2v) is 9.09. The van der Waals surface area contributed by atoms with Crippen molar-refractivity contribution in [1.29, 1.82) is 0 Å². The van der Waals surface area contributed by atoms with E-state index in [9.17, 15) is 19.5 Å². The van der Waals surface area contributed by atoms with Crippen molar-refractivity contribution < 1.29 is 29.0 Å². The van der Waals surface area contributed by atoms with E-state index < -0.39 is 30.1 Å². The summed E-state index contributed by atoms with van der Waals surface area (Å²) in [5.74, 6) is -1.26. The Labute approximate surface area is 223 Å². The Morgan fingerprint density at radius 1 is 0.763 bits per heavy atom. The molecule has 3 aromatic carbocycles. The van der Waals surface area contributed by atoms with Crippen molar-refractivity contribution >= 4 is 18.0 Å². The number of carbonyl (C=O) groups excluding carboxylic acids is 3. The number of phenols is 1. The fraction of sp³-hybridized carbons (Fsp3) is 0.300. The van der Waals surface area contributed by atoms with Gasteiger partial charge in [-0.15, -0.1) is 0 Å². The summed E-state index contributed by atoms with van der Waals surface area (Å²) in [6, 6.07) is 22.9. The highest BCUT2D eigenvalue weighted by Crippen LogP contribution is 2.14. The molecule has 0 aromatic heterocycles. The van der Waals surface area contributed by atoms with Gasteiger partial charge in [0.25, 0.3) is 0 Å². The summed E-state index contributed by atoms with van der Waals surface area (Å²) in [5, 5.41) is 15.0. The normalized spacial score (nSPS) is 13.0. The van der Waals surface area contributed by atoms with E-state index >= 15 is 0 Å². The zero-order valence-electron chi connectivity index (χ0n) is 21.6. The molecule has 3 N–H and O–H groups in total. The number of nitrogens with one attached hydrogen (secondary N) is 2. The molecule has 0 bridgehead atoms. The number of aromatic hydroxyl groups is 1. The molecule has 38 heavy (non-hydrogen) atoms. The Kier molecular flexibility index (Phi) is 10.7. The van der Waals surface area contributed by atoms with E-state index in [-0.39, 0.29) is 31.3 Å². The largest absolute Gasteiger partial charge is 0.508 e. The zero-order valence-corrected chi connectivity index (χ0v) is 21.6. The smallest absolute Gasteiger partial charge is 0.408 e.